The highest BCUT2D eigenvalue weighted by molar-refractivity contribution is 14.0. The zero-order chi connectivity index (χ0) is 17.4. The van der Waals surface area contributed by atoms with Crippen LogP contribution in [-0.2, 0) is 4.79 Å². The molecule has 2 N–H and O–H groups in total. The molecule has 140 valence electrons. The Balaban J connectivity index is 0.00000312. The number of carbonyl (C=O) groups excluding carboxylic acids is 1. The zero-order valence-electron chi connectivity index (χ0n) is 15.2. The fourth-order valence-corrected chi connectivity index (χ4v) is 3.86. The van der Waals surface area contributed by atoms with E-state index in [2.05, 4.69) is 41.3 Å². The number of hydrogen-bond donors (Lipinski definition) is 2. The number of nitrogens with zero attached hydrogens (tertiary/aromatic N) is 2. The summed E-state index contributed by atoms with van der Waals surface area (Å²) in [6, 6.07) is 9.49. The third kappa shape index (κ3) is 7.43. The van der Waals surface area contributed by atoms with Gasteiger partial charge >= 0.3 is 0 Å². The van der Waals surface area contributed by atoms with Crippen molar-refractivity contribution in [3.8, 4) is 0 Å². The summed E-state index contributed by atoms with van der Waals surface area (Å²) in [5.74, 6) is 2.49. The molecule has 0 spiro atoms. The smallest absolute Gasteiger partial charge is 0.246 e. The van der Waals surface area contributed by atoms with E-state index in [4.69, 9.17) is 0 Å². The number of guanidine groups is 1. The normalized spacial score (nSPS) is 17.8. The lowest BCUT2D eigenvalue weighted by Gasteiger charge is -2.36. The van der Waals surface area contributed by atoms with Gasteiger partial charge in [0, 0.05) is 36.3 Å². The van der Waals surface area contributed by atoms with Gasteiger partial charge < -0.3 is 15.5 Å². The first-order valence-electron chi connectivity index (χ1n) is 8.60. The maximum atomic E-state index is 12.1. The molecule has 0 bridgehead atoms. The minimum absolute atomic E-state index is 0. The number of benzene rings is 1. The van der Waals surface area contributed by atoms with E-state index >= 15 is 0 Å². The number of rotatable bonds is 5. The first kappa shape index (κ1) is 22.1. The average Bonchev–Trinajstić information content (AvgIpc) is 2.59. The molecule has 0 radical (unpaired) electrons. The van der Waals surface area contributed by atoms with Crippen LogP contribution in [0.2, 0.25) is 0 Å². The molecule has 0 saturated carbocycles. The molecule has 1 amide bonds. The monoisotopic (exact) mass is 476 g/mol. The van der Waals surface area contributed by atoms with Crippen molar-refractivity contribution < 1.29 is 4.79 Å². The van der Waals surface area contributed by atoms with Crippen molar-refractivity contribution >= 4 is 53.3 Å². The largest absolute Gasteiger partial charge is 0.357 e. The molecule has 1 atom stereocenters. The molecule has 0 aliphatic carbocycles. The van der Waals surface area contributed by atoms with Gasteiger partial charge in [-0.05, 0) is 25.0 Å². The van der Waals surface area contributed by atoms with E-state index in [-0.39, 0.29) is 36.4 Å². The van der Waals surface area contributed by atoms with E-state index < -0.39 is 0 Å². The Bertz CT molecular complexity index is 553. The second-order valence-electron chi connectivity index (χ2n) is 6.18. The lowest BCUT2D eigenvalue weighted by atomic mass is 10.1. The summed E-state index contributed by atoms with van der Waals surface area (Å²) in [7, 11) is 0. The minimum atomic E-state index is -0.0941. The SMILES string of the molecule is CCNC(=NCC(=O)Nc1ccccc1)N1CCSC(C(C)C)C1.I. The lowest BCUT2D eigenvalue weighted by Crippen LogP contribution is -2.49. The number of amides is 1. The van der Waals surface area contributed by atoms with Crippen LogP contribution in [0, 0.1) is 5.92 Å². The van der Waals surface area contributed by atoms with E-state index in [0.717, 1.165) is 37.0 Å². The Morgan fingerprint density at radius 3 is 2.72 bits per heavy atom. The fourth-order valence-electron chi connectivity index (χ4n) is 2.57. The van der Waals surface area contributed by atoms with E-state index in [1.807, 2.05) is 42.1 Å². The van der Waals surface area contributed by atoms with Gasteiger partial charge in [-0.1, -0.05) is 32.0 Å². The Morgan fingerprint density at radius 2 is 2.08 bits per heavy atom. The number of nitrogens with one attached hydrogen (secondary N) is 2. The predicted molar refractivity (Wildman–Crippen MR) is 119 cm³/mol. The van der Waals surface area contributed by atoms with Crippen molar-refractivity contribution in [2.45, 2.75) is 26.0 Å². The number of thioether (sulfide) groups is 1. The first-order chi connectivity index (χ1) is 11.6. The molecule has 2 rings (SSSR count). The molecule has 1 fully saturated rings. The van der Waals surface area contributed by atoms with Crippen LogP contribution in [0.15, 0.2) is 35.3 Å². The van der Waals surface area contributed by atoms with Gasteiger partial charge in [0.1, 0.15) is 6.54 Å². The van der Waals surface area contributed by atoms with Crippen LogP contribution in [0.25, 0.3) is 0 Å². The summed E-state index contributed by atoms with van der Waals surface area (Å²) in [6.45, 7) is 9.46. The van der Waals surface area contributed by atoms with E-state index in [9.17, 15) is 4.79 Å². The Morgan fingerprint density at radius 1 is 1.36 bits per heavy atom. The third-order valence-electron chi connectivity index (χ3n) is 3.90. The van der Waals surface area contributed by atoms with Crippen molar-refractivity contribution in [2.75, 3.05) is 37.2 Å². The molecule has 1 aliphatic rings. The number of halogens is 1. The van der Waals surface area contributed by atoms with Crippen molar-refractivity contribution in [1.29, 1.82) is 0 Å². The molecule has 1 heterocycles. The highest BCUT2D eigenvalue weighted by atomic mass is 127. The molecule has 7 heteroatoms. The topological polar surface area (TPSA) is 56.7 Å². The third-order valence-corrected chi connectivity index (χ3v) is 5.44. The van der Waals surface area contributed by atoms with Crippen LogP contribution in [0.5, 0.6) is 0 Å². The molecule has 1 aromatic rings. The molecule has 25 heavy (non-hydrogen) atoms. The number of hydrogen-bond acceptors (Lipinski definition) is 3. The minimum Gasteiger partial charge on any atom is -0.357 e. The van der Waals surface area contributed by atoms with E-state index in [1.54, 1.807) is 0 Å². The van der Waals surface area contributed by atoms with Crippen molar-refractivity contribution in [3.05, 3.63) is 30.3 Å². The van der Waals surface area contributed by atoms with Crippen LogP contribution in [-0.4, -0.2) is 53.9 Å². The van der Waals surface area contributed by atoms with Gasteiger partial charge in [-0.25, -0.2) is 4.99 Å². The van der Waals surface area contributed by atoms with Gasteiger partial charge in [-0.2, -0.15) is 11.8 Å². The summed E-state index contributed by atoms with van der Waals surface area (Å²) in [5, 5.41) is 6.80. The van der Waals surface area contributed by atoms with Crippen molar-refractivity contribution in [3.63, 3.8) is 0 Å². The van der Waals surface area contributed by atoms with Crippen LogP contribution in [0.1, 0.15) is 20.8 Å². The fraction of sp³-hybridized carbons (Fsp3) is 0.556. The molecule has 1 unspecified atom stereocenters. The quantitative estimate of drug-likeness (QED) is 0.389. The Kier molecular flexibility index (Phi) is 10.3. The van der Waals surface area contributed by atoms with Crippen LogP contribution in [0.3, 0.4) is 0 Å². The molecule has 1 saturated heterocycles. The summed E-state index contributed by atoms with van der Waals surface area (Å²) in [6.07, 6.45) is 0. The van der Waals surface area contributed by atoms with Gasteiger partial charge in [-0.3, -0.25) is 4.79 Å². The summed E-state index contributed by atoms with van der Waals surface area (Å²) in [4.78, 5) is 18.9. The second-order valence-corrected chi connectivity index (χ2v) is 7.53. The Hall–Kier alpha value is -0.960. The Labute approximate surface area is 172 Å². The van der Waals surface area contributed by atoms with Gasteiger partial charge in [0.25, 0.3) is 0 Å². The van der Waals surface area contributed by atoms with E-state index in [0.29, 0.717) is 11.2 Å². The standard InChI is InChI=1S/C18H28N4OS.HI/c1-4-19-18(22-10-11-24-16(13-22)14(2)3)20-12-17(23)21-15-8-6-5-7-9-15;/h5-9,14,16H,4,10-13H2,1-3H3,(H,19,20)(H,21,23);1H. The lowest BCUT2D eigenvalue weighted by molar-refractivity contribution is -0.114. The molecular weight excluding hydrogens is 447 g/mol. The average molecular weight is 476 g/mol. The van der Waals surface area contributed by atoms with Gasteiger partial charge in [0.15, 0.2) is 5.96 Å². The van der Waals surface area contributed by atoms with Crippen LogP contribution >= 0.6 is 35.7 Å². The molecule has 1 aliphatic heterocycles. The highest BCUT2D eigenvalue weighted by Gasteiger charge is 2.24. The highest BCUT2D eigenvalue weighted by Crippen LogP contribution is 2.24. The van der Waals surface area contributed by atoms with Crippen LogP contribution < -0.4 is 10.6 Å². The van der Waals surface area contributed by atoms with Gasteiger partial charge in [0.05, 0.1) is 0 Å². The number of anilines is 1. The zero-order valence-corrected chi connectivity index (χ0v) is 18.3. The number of para-hydroxylation sites is 1. The van der Waals surface area contributed by atoms with Crippen molar-refractivity contribution in [1.82, 2.24) is 10.2 Å². The number of aliphatic imine (C=N–C) groups is 1. The van der Waals surface area contributed by atoms with E-state index in [1.165, 1.54) is 0 Å². The second kappa shape index (κ2) is 11.6. The summed E-state index contributed by atoms with van der Waals surface area (Å²) >= 11 is 2.03. The predicted octanol–water partition coefficient (Wildman–Crippen LogP) is 3.28. The molecule has 1 aromatic carbocycles. The van der Waals surface area contributed by atoms with Gasteiger partial charge in [-0.15, -0.1) is 24.0 Å². The molecule has 0 aromatic heterocycles. The van der Waals surface area contributed by atoms with Crippen molar-refractivity contribution in [2.24, 2.45) is 10.9 Å². The summed E-state index contributed by atoms with van der Waals surface area (Å²) in [5.41, 5.74) is 0.803. The van der Waals surface area contributed by atoms with Gasteiger partial charge in [0.2, 0.25) is 5.91 Å². The summed E-state index contributed by atoms with van der Waals surface area (Å²) < 4.78 is 0. The molecule has 5 nitrogen and oxygen atoms in total. The first-order valence-corrected chi connectivity index (χ1v) is 9.64. The number of carbonyl (C=O) groups is 1. The maximum Gasteiger partial charge on any atom is 0.246 e. The maximum absolute atomic E-state index is 12.1. The van der Waals surface area contributed by atoms with Crippen LogP contribution in [0.4, 0.5) is 5.69 Å². The molecular formula is C18H29IN4OS.